The lowest BCUT2D eigenvalue weighted by atomic mass is 10.1. The summed E-state index contributed by atoms with van der Waals surface area (Å²) in [6, 6.07) is 11.8. The number of hydrogen-bond donors (Lipinski definition) is 1. The lowest BCUT2D eigenvalue weighted by Gasteiger charge is -2.24. The van der Waals surface area contributed by atoms with Crippen molar-refractivity contribution >= 4 is 5.91 Å². The normalized spacial score (nSPS) is 16.2. The van der Waals surface area contributed by atoms with Gasteiger partial charge in [-0.15, -0.1) is 0 Å². The van der Waals surface area contributed by atoms with Gasteiger partial charge < -0.3 is 14.7 Å². The first kappa shape index (κ1) is 16.7. The molecule has 0 aliphatic carbocycles. The zero-order valence-electron chi connectivity index (χ0n) is 14.2. The second-order valence-corrected chi connectivity index (χ2v) is 6.37. The van der Waals surface area contributed by atoms with E-state index in [-0.39, 0.29) is 11.9 Å². The first-order chi connectivity index (χ1) is 11.8. The Kier molecular flexibility index (Phi) is 5.64. The molecule has 1 aromatic heterocycles. The number of carbonyl (C=O) groups excluding carboxylic acids is 1. The lowest BCUT2D eigenvalue weighted by Crippen LogP contribution is -2.37. The van der Waals surface area contributed by atoms with Crippen LogP contribution < -0.4 is 5.32 Å². The summed E-state index contributed by atoms with van der Waals surface area (Å²) in [5, 5.41) is 7.04. The lowest BCUT2D eigenvalue weighted by molar-refractivity contribution is 0.0918. The smallest absolute Gasteiger partial charge is 0.274 e. The maximum absolute atomic E-state index is 12.6. The molecule has 1 amide bonds. The van der Waals surface area contributed by atoms with Gasteiger partial charge in [0.25, 0.3) is 5.91 Å². The zero-order valence-corrected chi connectivity index (χ0v) is 14.2. The van der Waals surface area contributed by atoms with Gasteiger partial charge in [-0.3, -0.25) is 4.79 Å². The second-order valence-electron chi connectivity index (χ2n) is 6.37. The first-order valence-electron chi connectivity index (χ1n) is 8.80. The monoisotopic (exact) mass is 327 g/mol. The molecule has 0 bridgehead atoms. The van der Waals surface area contributed by atoms with Crippen LogP contribution in [0.15, 0.2) is 40.9 Å². The molecule has 128 valence electrons. The number of aromatic nitrogens is 1. The Morgan fingerprint density at radius 1 is 1.29 bits per heavy atom. The van der Waals surface area contributed by atoms with Gasteiger partial charge in [0.1, 0.15) is 5.76 Å². The summed E-state index contributed by atoms with van der Waals surface area (Å²) in [5.41, 5.74) is 1.48. The van der Waals surface area contributed by atoms with Crippen molar-refractivity contribution in [1.29, 1.82) is 0 Å². The molecule has 1 saturated heterocycles. The minimum atomic E-state index is -0.172. The molecule has 1 fully saturated rings. The molecule has 0 spiro atoms. The van der Waals surface area contributed by atoms with Crippen molar-refractivity contribution in [1.82, 2.24) is 15.4 Å². The molecular formula is C19H25N3O2. The maximum Gasteiger partial charge on any atom is 0.274 e. The van der Waals surface area contributed by atoms with E-state index in [1.54, 1.807) is 6.07 Å². The predicted octanol–water partition coefficient (Wildman–Crippen LogP) is 3.19. The fourth-order valence-corrected chi connectivity index (χ4v) is 3.16. The Labute approximate surface area is 143 Å². The van der Waals surface area contributed by atoms with Crippen LogP contribution in [0, 0.1) is 0 Å². The molecule has 24 heavy (non-hydrogen) atoms. The number of benzene rings is 1. The molecule has 5 nitrogen and oxygen atoms in total. The number of likely N-dealkylation sites (tertiary alicyclic amines) is 1. The van der Waals surface area contributed by atoms with Gasteiger partial charge in [-0.25, -0.2) is 0 Å². The predicted molar refractivity (Wildman–Crippen MR) is 92.8 cm³/mol. The van der Waals surface area contributed by atoms with Crippen LogP contribution in [0.4, 0.5) is 0 Å². The molecule has 1 N–H and O–H groups in total. The second kappa shape index (κ2) is 8.11. The van der Waals surface area contributed by atoms with Crippen LogP contribution in [-0.2, 0) is 6.42 Å². The summed E-state index contributed by atoms with van der Waals surface area (Å²) < 4.78 is 5.23. The van der Waals surface area contributed by atoms with E-state index >= 15 is 0 Å². The number of nitrogens with one attached hydrogen (secondary N) is 1. The zero-order chi connectivity index (χ0) is 16.8. The highest BCUT2D eigenvalue weighted by Crippen LogP contribution is 2.18. The van der Waals surface area contributed by atoms with E-state index in [0.717, 1.165) is 43.8 Å². The van der Waals surface area contributed by atoms with Crippen LogP contribution >= 0.6 is 0 Å². The van der Waals surface area contributed by atoms with E-state index < -0.39 is 0 Å². The SMILES string of the molecule is CCCc1cc(C(=O)N[C@H](CN2CCCC2)c2ccccc2)no1. The fraction of sp³-hybridized carbons (Fsp3) is 0.474. The molecule has 0 radical (unpaired) electrons. The molecule has 1 aliphatic heterocycles. The van der Waals surface area contributed by atoms with Gasteiger partial charge in [0.15, 0.2) is 5.69 Å². The van der Waals surface area contributed by atoms with Gasteiger partial charge in [0.05, 0.1) is 6.04 Å². The molecule has 1 aliphatic rings. The number of hydrogen-bond acceptors (Lipinski definition) is 4. The van der Waals surface area contributed by atoms with Crippen molar-refractivity contribution in [3.8, 4) is 0 Å². The van der Waals surface area contributed by atoms with Crippen LogP contribution in [0.2, 0.25) is 0 Å². The first-order valence-corrected chi connectivity index (χ1v) is 8.80. The van der Waals surface area contributed by atoms with E-state index in [1.165, 1.54) is 12.8 Å². The topological polar surface area (TPSA) is 58.4 Å². The van der Waals surface area contributed by atoms with Gasteiger partial charge in [-0.2, -0.15) is 0 Å². The minimum absolute atomic E-state index is 0.0388. The van der Waals surface area contributed by atoms with Crippen molar-refractivity contribution in [3.63, 3.8) is 0 Å². The average molecular weight is 327 g/mol. The van der Waals surface area contributed by atoms with Gasteiger partial charge in [-0.05, 0) is 37.9 Å². The van der Waals surface area contributed by atoms with Gasteiger partial charge in [0.2, 0.25) is 0 Å². The van der Waals surface area contributed by atoms with E-state index in [9.17, 15) is 4.79 Å². The van der Waals surface area contributed by atoms with Crippen molar-refractivity contribution in [2.24, 2.45) is 0 Å². The number of rotatable bonds is 7. The molecule has 5 heteroatoms. The minimum Gasteiger partial charge on any atom is -0.361 e. The molecule has 0 unspecified atom stereocenters. The number of amides is 1. The third kappa shape index (κ3) is 4.23. The molecule has 2 aromatic rings. The Morgan fingerprint density at radius 2 is 2.04 bits per heavy atom. The number of nitrogens with zero attached hydrogens (tertiary/aromatic N) is 2. The fourth-order valence-electron chi connectivity index (χ4n) is 3.16. The van der Waals surface area contributed by atoms with Gasteiger partial charge >= 0.3 is 0 Å². The molecule has 2 heterocycles. The Balaban J connectivity index is 1.71. The Bertz CT molecular complexity index is 648. The highest BCUT2D eigenvalue weighted by molar-refractivity contribution is 5.92. The van der Waals surface area contributed by atoms with Crippen LogP contribution in [0.25, 0.3) is 0 Å². The van der Waals surface area contributed by atoms with E-state index in [1.807, 2.05) is 18.2 Å². The highest BCUT2D eigenvalue weighted by atomic mass is 16.5. The van der Waals surface area contributed by atoms with E-state index in [2.05, 4.69) is 34.4 Å². The molecular weight excluding hydrogens is 302 g/mol. The molecule has 1 atom stereocenters. The summed E-state index contributed by atoms with van der Waals surface area (Å²) in [6.45, 7) is 5.10. The van der Waals surface area contributed by atoms with Crippen molar-refractivity contribution in [3.05, 3.63) is 53.4 Å². The molecule has 3 rings (SSSR count). The average Bonchev–Trinajstić information content (AvgIpc) is 3.27. The largest absolute Gasteiger partial charge is 0.361 e. The van der Waals surface area contributed by atoms with Crippen LogP contribution in [0.5, 0.6) is 0 Å². The Morgan fingerprint density at radius 3 is 2.75 bits per heavy atom. The van der Waals surface area contributed by atoms with Gasteiger partial charge in [-0.1, -0.05) is 42.4 Å². The van der Waals surface area contributed by atoms with Crippen LogP contribution in [0.3, 0.4) is 0 Å². The summed E-state index contributed by atoms with van der Waals surface area (Å²) in [5.74, 6) is 0.590. The van der Waals surface area contributed by atoms with Crippen LogP contribution in [0.1, 0.15) is 54.0 Å². The summed E-state index contributed by atoms with van der Waals surface area (Å²) in [6.07, 6.45) is 4.24. The number of carbonyl (C=O) groups is 1. The summed E-state index contributed by atoms with van der Waals surface area (Å²) in [7, 11) is 0. The van der Waals surface area contributed by atoms with Crippen LogP contribution in [-0.4, -0.2) is 35.6 Å². The van der Waals surface area contributed by atoms with E-state index in [0.29, 0.717) is 5.69 Å². The highest BCUT2D eigenvalue weighted by Gasteiger charge is 2.22. The maximum atomic E-state index is 12.6. The van der Waals surface area contributed by atoms with Crippen molar-refractivity contribution in [2.75, 3.05) is 19.6 Å². The third-order valence-corrected chi connectivity index (χ3v) is 4.43. The summed E-state index contributed by atoms with van der Waals surface area (Å²) in [4.78, 5) is 15.0. The van der Waals surface area contributed by atoms with Crippen molar-refractivity contribution in [2.45, 2.75) is 38.6 Å². The van der Waals surface area contributed by atoms with Gasteiger partial charge in [0, 0.05) is 19.0 Å². The van der Waals surface area contributed by atoms with E-state index in [4.69, 9.17) is 4.52 Å². The molecule has 1 aromatic carbocycles. The van der Waals surface area contributed by atoms with Crippen molar-refractivity contribution < 1.29 is 9.32 Å². The summed E-state index contributed by atoms with van der Waals surface area (Å²) >= 11 is 0. The molecule has 0 saturated carbocycles. The number of aryl methyl sites for hydroxylation is 1. The standard InChI is InChI=1S/C19H25N3O2/c1-2-8-16-13-17(21-24-16)19(23)20-18(14-22-11-6-7-12-22)15-9-4-3-5-10-15/h3-5,9-10,13,18H,2,6-8,11-12,14H2,1H3,(H,20,23)/t18-/m1/s1. The quantitative estimate of drug-likeness (QED) is 0.848. The third-order valence-electron chi connectivity index (χ3n) is 4.43. The Hall–Kier alpha value is -2.14.